The first kappa shape index (κ1) is 15.0. The van der Waals surface area contributed by atoms with Crippen molar-refractivity contribution in [3.63, 3.8) is 0 Å². The molecule has 4 nitrogen and oxygen atoms in total. The van der Waals surface area contributed by atoms with E-state index >= 15 is 0 Å². The first-order chi connectivity index (χ1) is 9.41. The molecule has 0 aliphatic heterocycles. The molecular formula is C12H15F3N4S. The van der Waals surface area contributed by atoms with E-state index in [0.717, 1.165) is 12.5 Å². The number of thioether (sulfide) groups is 1. The van der Waals surface area contributed by atoms with E-state index in [4.69, 9.17) is 0 Å². The van der Waals surface area contributed by atoms with Crippen molar-refractivity contribution in [1.29, 1.82) is 0 Å². The normalized spacial score (nSPS) is 13.7. The Hall–Kier alpha value is -1.44. The summed E-state index contributed by atoms with van der Waals surface area (Å²) in [6.07, 6.45) is 1.32. The molecule has 2 aromatic heterocycles. The van der Waals surface area contributed by atoms with Gasteiger partial charge in [-0.2, -0.15) is 30.0 Å². The maximum absolute atomic E-state index is 12.6. The summed E-state index contributed by atoms with van der Waals surface area (Å²) in [6, 6.07) is 1.01. The molecule has 20 heavy (non-hydrogen) atoms. The molecule has 0 fully saturated rings. The molecule has 1 unspecified atom stereocenters. The Bertz CT molecular complexity index is 582. The van der Waals surface area contributed by atoms with Crippen LogP contribution in [-0.4, -0.2) is 32.6 Å². The van der Waals surface area contributed by atoms with Crippen LogP contribution in [0, 0.1) is 0 Å². The summed E-state index contributed by atoms with van der Waals surface area (Å²) in [5, 5.41) is 7.06. The Kier molecular flexibility index (Phi) is 4.42. The second kappa shape index (κ2) is 5.90. The maximum Gasteiger partial charge on any atom is 0.435 e. The van der Waals surface area contributed by atoms with Crippen LogP contribution in [0.25, 0.3) is 5.52 Å². The number of rotatable bonds is 5. The zero-order chi connectivity index (χ0) is 14.8. The minimum absolute atomic E-state index is 0.330. The summed E-state index contributed by atoms with van der Waals surface area (Å²) in [4.78, 5) is 4.08. The number of alkyl halides is 3. The predicted octanol–water partition coefficient (Wildman–Crippen LogP) is 3.30. The highest BCUT2D eigenvalue weighted by atomic mass is 32.2. The van der Waals surface area contributed by atoms with Gasteiger partial charge >= 0.3 is 6.18 Å². The highest BCUT2D eigenvalue weighted by molar-refractivity contribution is 7.99. The minimum atomic E-state index is -4.45. The molecule has 8 heteroatoms. The molecular weight excluding hydrogens is 289 g/mol. The molecule has 2 rings (SSSR count). The zero-order valence-electron chi connectivity index (χ0n) is 11.1. The average Bonchev–Trinajstić information content (AvgIpc) is 2.83. The lowest BCUT2D eigenvalue weighted by atomic mass is 10.3. The van der Waals surface area contributed by atoms with Crippen molar-refractivity contribution in [1.82, 2.24) is 14.6 Å². The van der Waals surface area contributed by atoms with E-state index in [1.807, 2.05) is 6.26 Å². The molecule has 1 N–H and O–H groups in total. The van der Waals surface area contributed by atoms with Crippen LogP contribution in [0.1, 0.15) is 19.0 Å². The molecule has 0 radical (unpaired) electrons. The van der Waals surface area contributed by atoms with E-state index in [9.17, 15) is 13.2 Å². The molecule has 0 aliphatic carbocycles. The van der Waals surface area contributed by atoms with Gasteiger partial charge in [-0.15, -0.1) is 0 Å². The Labute approximate surface area is 118 Å². The van der Waals surface area contributed by atoms with Gasteiger partial charge in [0.05, 0.1) is 0 Å². The number of hydrogen-bond donors (Lipinski definition) is 1. The van der Waals surface area contributed by atoms with E-state index in [2.05, 4.69) is 22.3 Å². The molecule has 2 aromatic rings. The van der Waals surface area contributed by atoms with Gasteiger partial charge < -0.3 is 5.32 Å². The maximum atomic E-state index is 12.6. The summed E-state index contributed by atoms with van der Waals surface area (Å²) in [5.74, 6) is 0.420. The number of nitrogens with one attached hydrogen (secondary N) is 1. The van der Waals surface area contributed by atoms with E-state index in [-0.39, 0.29) is 0 Å². The molecule has 1 atom stereocenters. The van der Waals surface area contributed by atoms with Gasteiger partial charge in [0, 0.05) is 30.3 Å². The molecule has 0 bridgehead atoms. The van der Waals surface area contributed by atoms with Crippen molar-refractivity contribution in [2.75, 3.05) is 18.1 Å². The van der Waals surface area contributed by atoms with Crippen LogP contribution in [0.4, 0.5) is 19.0 Å². The summed E-state index contributed by atoms with van der Waals surface area (Å²) < 4.78 is 39.1. The Morgan fingerprint density at radius 1 is 1.45 bits per heavy atom. The van der Waals surface area contributed by atoms with Crippen molar-refractivity contribution in [3.8, 4) is 0 Å². The number of anilines is 1. The first-order valence-electron chi connectivity index (χ1n) is 6.10. The zero-order valence-corrected chi connectivity index (χ0v) is 11.9. The molecule has 0 amide bonds. The number of nitrogens with zero attached hydrogens (tertiary/aromatic N) is 3. The fourth-order valence-electron chi connectivity index (χ4n) is 1.71. The van der Waals surface area contributed by atoms with Crippen molar-refractivity contribution >= 4 is 23.1 Å². The molecule has 110 valence electrons. The first-order valence-corrected chi connectivity index (χ1v) is 7.39. The third-order valence-corrected chi connectivity index (χ3v) is 3.97. The summed E-state index contributed by atoms with van der Waals surface area (Å²) in [6.45, 7) is 2.75. The molecule has 0 aromatic carbocycles. The lowest BCUT2D eigenvalue weighted by Gasteiger charge is -2.10. The highest BCUT2D eigenvalue weighted by Gasteiger charge is 2.34. The van der Waals surface area contributed by atoms with Gasteiger partial charge in [0.25, 0.3) is 0 Å². The van der Waals surface area contributed by atoms with Gasteiger partial charge in [0.1, 0.15) is 5.52 Å². The highest BCUT2D eigenvalue weighted by Crippen LogP contribution is 2.30. The summed E-state index contributed by atoms with van der Waals surface area (Å²) in [7, 11) is 0. The molecule has 0 saturated carbocycles. The monoisotopic (exact) mass is 304 g/mol. The number of halogens is 3. The van der Waals surface area contributed by atoms with Crippen molar-refractivity contribution in [2.24, 2.45) is 0 Å². The summed E-state index contributed by atoms with van der Waals surface area (Å²) >= 11 is 1.74. The van der Waals surface area contributed by atoms with Crippen LogP contribution >= 0.6 is 11.8 Å². The van der Waals surface area contributed by atoms with E-state index < -0.39 is 11.9 Å². The third-order valence-electron chi connectivity index (χ3n) is 2.93. The lowest BCUT2D eigenvalue weighted by Crippen LogP contribution is -2.09. The largest absolute Gasteiger partial charge is 0.435 e. The van der Waals surface area contributed by atoms with Gasteiger partial charge in [0.2, 0.25) is 0 Å². The number of hydrogen-bond acceptors (Lipinski definition) is 4. The van der Waals surface area contributed by atoms with E-state index in [1.165, 1.54) is 16.9 Å². The quantitative estimate of drug-likeness (QED) is 0.920. The fraction of sp³-hybridized carbons (Fsp3) is 0.500. The average molecular weight is 304 g/mol. The smallest absolute Gasteiger partial charge is 0.368 e. The van der Waals surface area contributed by atoms with Crippen LogP contribution in [0.15, 0.2) is 18.5 Å². The molecule has 2 heterocycles. The van der Waals surface area contributed by atoms with Gasteiger partial charge in [-0.25, -0.2) is 9.50 Å². The van der Waals surface area contributed by atoms with Crippen LogP contribution in [-0.2, 0) is 6.18 Å². The van der Waals surface area contributed by atoms with Crippen molar-refractivity contribution in [3.05, 3.63) is 24.2 Å². The van der Waals surface area contributed by atoms with Crippen LogP contribution < -0.4 is 5.32 Å². The third kappa shape index (κ3) is 3.36. The number of fused-ring (bicyclic) bond motifs is 1. The molecule has 0 spiro atoms. The van der Waals surface area contributed by atoms with Gasteiger partial charge in [-0.1, -0.05) is 6.92 Å². The standard InChI is InChI=1S/C12H15F3N4S/c1-8(20-2)3-4-16-11-9-7-10(12(13,14)15)18-19(9)6-5-17-11/h5-8H,3-4H2,1-2H3,(H,16,17). The molecule has 0 saturated heterocycles. The second-order valence-corrected chi connectivity index (χ2v) is 5.67. The Morgan fingerprint density at radius 2 is 2.20 bits per heavy atom. The fourth-order valence-corrected chi connectivity index (χ4v) is 2.06. The van der Waals surface area contributed by atoms with Crippen molar-refractivity contribution in [2.45, 2.75) is 24.8 Å². The number of aromatic nitrogens is 3. The van der Waals surface area contributed by atoms with Gasteiger partial charge in [-0.05, 0) is 12.7 Å². The SMILES string of the molecule is CSC(C)CCNc1nccn2nc(C(F)(F)F)cc12. The Balaban J connectivity index is 2.19. The molecule has 0 aliphatic rings. The van der Waals surface area contributed by atoms with Crippen LogP contribution in [0.2, 0.25) is 0 Å². The van der Waals surface area contributed by atoms with E-state index in [1.54, 1.807) is 11.8 Å². The van der Waals surface area contributed by atoms with E-state index in [0.29, 0.717) is 23.1 Å². The van der Waals surface area contributed by atoms with Crippen molar-refractivity contribution < 1.29 is 13.2 Å². The van der Waals surface area contributed by atoms with Crippen LogP contribution in [0.5, 0.6) is 0 Å². The summed E-state index contributed by atoms with van der Waals surface area (Å²) in [5.41, 5.74) is -0.581. The second-order valence-electron chi connectivity index (χ2n) is 4.39. The predicted molar refractivity (Wildman–Crippen MR) is 74.1 cm³/mol. The topological polar surface area (TPSA) is 42.2 Å². The lowest BCUT2D eigenvalue weighted by molar-refractivity contribution is -0.141. The van der Waals surface area contributed by atoms with Gasteiger partial charge in [-0.3, -0.25) is 0 Å². The van der Waals surface area contributed by atoms with Crippen LogP contribution in [0.3, 0.4) is 0 Å². The minimum Gasteiger partial charge on any atom is -0.368 e. The Morgan fingerprint density at radius 3 is 2.85 bits per heavy atom. The van der Waals surface area contributed by atoms with Gasteiger partial charge in [0.15, 0.2) is 11.5 Å².